The van der Waals surface area contributed by atoms with E-state index >= 15 is 0 Å². The van der Waals surface area contributed by atoms with Crippen LogP contribution in [0.2, 0.25) is 0 Å². The van der Waals surface area contributed by atoms with Gasteiger partial charge in [0.1, 0.15) is 11.5 Å². The second-order valence-electron chi connectivity index (χ2n) is 8.35. The molecule has 180 valence electrons. The van der Waals surface area contributed by atoms with E-state index in [-0.39, 0.29) is 5.56 Å². The van der Waals surface area contributed by atoms with Crippen molar-refractivity contribution in [1.82, 2.24) is 29.3 Å². The summed E-state index contributed by atoms with van der Waals surface area (Å²) >= 11 is 0. The van der Waals surface area contributed by atoms with Gasteiger partial charge in [0, 0.05) is 18.7 Å². The molecule has 0 amide bonds. The lowest BCUT2D eigenvalue weighted by Crippen LogP contribution is -2.21. The summed E-state index contributed by atoms with van der Waals surface area (Å²) in [4.78, 5) is 13.3. The highest BCUT2D eigenvalue weighted by Gasteiger charge is 2.37. The SMILES string of the molecule is COc1nc(C=Cc2nc3n(n2)CCC[C@H]3c2ccccc2C(F)(F)F)ccc1-n1cnc(C)c1. The number of aromatic nitrogens is 6. The molecule has 1 aliphatic rings. The molecular formula is C25H23F3N6O. The number of hydrogen-bond donors (Lipinski definition) is 0. The molecule has 7 nitrogen and oxygen atoms in total. The summed E-state index contributed by atoms with van der Waals surface area (Å²) in [6.45, 7) is 2.52. The van der Waals surface area contributed by atoms with Crippen molar-refractivity contribution in [2.24, 2.45) is 0 Å². The van der Waals surface area contributed by atoms with Crippen LogP contribution in [0.1, 0.15) is 52.9 Å². The predicted molar refractivity (Wildman–Crippen MR) is 124 cm³/mol. The Morgan fingerprint density at radius 2 is 1.91 bits per heavy atom. The van der Waals surface area contributed by atoms with Gasteiger partial charge in [0.05, 0.1) is 30.4 Å². The highest BCUT2D eigenvalue weighted by atomic mass is 19.4. The van der Waals surface area contributed by atoms with Crippen LogP contribution < -0.4 is 4.74 Å². The van der Waals surface area contributed by atoms with Crippen LogP contribution in [0.25, 0.3) is 17.8 Å². The van der Waals surface area contributed by atoms with Crippen LogP contribution in [-0.2, 0) is 12.7 Å². The topological polar surface area (TPSA) is 70.7 Å². The molecule has 0 saturated heterocycles. The van der Waals surface area contributed by atoms with Crippen molar-refractivity contribution in [3.05, 3.63) is 83.1 Å². The first-order valence-corrected chi connectivity index (χ1v) is 11.2. The first-order valence-electron chi connectivity index (χ1n) is 11.2. The fourth-order valence-corrected chi connectivity index (χ4v) is 4.39. The second kappa shape index (κ2) is 9.01. The Labute approximate surface area is 199 Å². The fourth-order valence-electron chi connectivity index (χ4n) is 4.39. The molecule has 4 aromatic rings. The van der Waals surface area contributed by atoms with Gasteiger partial charge in [0.2, 0.25) is 5.88 Å². The monoisotopic (exact) mass is 480 g/mol. The van der Waals surface area contributed by atoms with Gasteiger partial charge in [-0.15, -0.1) is 0 Å². The molecule has 0 aliphatic carbocycles. The van der Waals surface area contributed by atoms with Gasteiger partial charge < -0.3 is 9.30 Å². The van der Waals surface area contributed by atoms with Crippen LogP contribution in [0.15, 0.2) is 48.9 Å². The summed E-state index contributed by atoms with van der Waals surface area (Å²) in [5.74, 6) is 0.938. The average Bonchev–Trinajstić information content (AvgIpc) is 3.47. The van der Waals surface area contributed by atoms with E-state index in [2.05, 4.69) is 20.1 Å². The number of fused-ring (bicyclic) bond motifs is 1. The number of halogens is 3. The minimum atomic E-state index is -4.42. The number of hydrogen-bond acceptors (Lipinski definition) is 5. The number of nitrogens with zero attached hydrogens (tertiary/aromatic N) is 6. The molecule has 3 aromatic heterocycles. The fraction of sp³-hybridized carbons (Fsp3) is 0.280. The predicted octanol–water partition coefficient (Wildman–Crippen LogP) is 5.29. The van der Waals surface area contributed by atoms with Crippen molar-refractivity contribution in [3.8, 4) is 11.6 Å². The number of benzene rings is 1. The molecule has 0 N–H and O–H groups in total. The standard InChI is InChI=1S/C25H23F3N6O/c1-16-14-33(15-29-16)21-11-9-17(30-24(21)35-2)10-12-22-31-23-19(7-5-13-34(23)32-22)18-6-3-4-8-20(18)25(26,27)28/h3-4,6,8-12,14-15,19H,5,7,13H2,1-2H3/t19-/m0/s1. The maximum Gasteiger partial charge on any atom is 0.416 e. The summed E-state index contributed by atoms with van der Waals surface area (Å²) < 4.78 is 49.8. The third-order valence-corrected chi connectivity index (χ3v) is 5.98. The van der Waals surface area contributed by atoms with E-state index < -0.39 is 17.7 Å². The van der Waals surface area contributed by atoms with Gasteiger partial charge in [-0.05, 0) is 55.7 Å². The Morgan fingerprint density at radius 3 is 2.66 bits per heavy atom. The van der Waals surface area contributed by atoms with Crippen molar-refractivity contribution in [2.45, 2.75) is 38.4 Å². The maximum atomic E-state index is 13.6. The lowest BCUT2D eigenvalue weighted by molar-refractivity contribution is -0.138. The number of rotatable bonds is 5. The van der Waals surface area contributed by atoms with Gasteiger partial charge in [-0.25, -0.2) is 19.6 Å². The van der Waals surface area contributed by atoms with Crippen LogP contribution in [0.3, 0.4) is 0 Å². The molecule has 1 aromatic carbocycles. The van der Waals surface area contributed by atoms with E-state index in [1.165, 1.54) is 12.1 Å². The number of methoxy groups -OCH3 is 1. The molecule has 0 spiro atoms. The van der Waals surface area contributed by atoms with Crippen LogP contribution in [0, 0.1) is 6.92 Å². The van der Waals surface area contributed by atoms with E-state index in [0.29, 0.717) is 36.2 Å². The van der Waals surface area contributed by atoms with Crippen molar-refractivity contribution < 1.29 is 17.9 Å². The summed E-state index contributed by atoms with van der Waals surface area (Å²) in [5.41, 5.74) is 1.88. The minimum absolute atomic E-state index is 0.237. The van der Waals surface area contributed by atoms with Gasteiger partial charge in [0.25, 0.3) is 0 Å². The maximum absolute atomic E-state index is 13.6. The lowest BCUT2D eigenvalue weighted by Gasteiger charge is -2.25. The van der Waals surface area contributed by atoms with E-state index in [0.717, 1.165) is 23.9 Å². The molecule has 0 bridgehead atoms. The molecule has 35 heavy (non-hydrogen) atoms. The van der Waals surface area contributed by atoms with Crippen LogP contribution >= 0.6 is 0 Å². The summed E-state index contributed by atoms with van der Waals surface area (Å²) in [7, 11) is 1.55. The number of imidazole rings is 1. The number of pyridine rings is 1. The summed E-state index contributed by atoms with van der Waals surface area (Å²) in [6.07, 6.45) is 3.92. The average molecular weight is 480 g/mol. The lowest BCUT2D eigenvalue weighted by atomic mass is 9.88. The summed E-state index contributed by atoms with van der Waals surface area (Å²) in [5, 5.41) is 4.51. The van der Waals surface area contributed by atoms with Gasteiger partial charge in [-0.2, -0.15) is 18.3 Å². The zero-order valence-electron chi connectivity index (χ0n) is 19.2. The minimum Gasteiger partial charge on any atom is -0.479 e. The van der Waals surface area contributed by atoms with E-state index in [4.69, 9.17) is 4.74 Å². The Morgan fingerprint density at radius 1 is 1.09 bits per heavy atom. The molecule has 0 fully saturated rings. The zero-order valence-corrected chi connectivity index (χ0v) is 19.2. The molecule has 0 unspecified atom stereocenters. The van der Waals surface area contributed by atoms with Gasteiger partial charge in [0.15, 0.2) is 5.82 Å². The third-order valence-electron chi connectivity index (χ3n) is 5.98. The number of aryl methyl sites for hydroxylation is 2. The number of ether oxygens (including phenoxy) is 1. The van der Waals surface area contributed by atoms with Crippen LogP contribution in [0.5, 0.6) is 5.88 Å². The smallest absolute Gasteiger partial charge is 0.416 e. The van der Waals surface area contributed by atoms with Crippen molar-refractivity contribution in [3.63, 3.8) is 0 Å². The first kappa shape index (κ1) is 22.8. The van der Waals surface area contributed by atoms with Crippen molar-refractivity contribution in [2.75, 3.05) is 7.11 Å². The first-order chi connectivity index (χ1) is 16.8. The van der Waals surface area contributed by atoms with Gasteiger partial charge >= 0.3 is 6.18 Å². The molecule has 10 heteroatoms. The molecule has 4 heterocycles. The van der Waals surface area contributed by atoms with E-state index in [1.54, 1.807) is 36.3 Å². The Hall–Kier alpha value is -3.95. The number of alkyl halides is 3. The van der Waals surface area contributed by atoms with Crippen LogP contribution in [0.4, 0.5) is 13.2 Å². The van der Waals surface area contributed by atoms with E-state index in [1.807, 2.05) is 29.8 Å². The highest BCUT2D eigenvalue weighted by Crippen LogP contribution is 2.40. The summed E-state index contributed by atoms with van der Waals surface area (Å²) in [6, 6.07) is 9.42. The Kier molecular flexibility index (Phi) is 5.88. The van der Waals surface area contributed by atoms with Crippen molar-refractivity contribution >= 4 is 12.2 Å². The van der Waals surface area contributed by atoms with Gasteiger partial charge in [-0.3, -0.25) is 0 Å². The quantitative estimate of drug-likeness (QED) is 0.388. The van der Waals surface area contributed by atoms with Crippen LogP contribution in [-0.4, -0.2) is 36.4 Å². The molecule has 0 saturated carbocycles. The third kappa shape index (κ3) is 4.55. The highest BCUT2D eigenvalue weighted by molar-refractivity contribution is 5.65. The molecule has 1 aliphatic heterocycles. The molecule has 0 radical (unpaired) electrons. The largest absolute Gasteiger partial charge is 0.479 e. The second-order valence-corrected chi connectivity index (χ2v) is 8.35. The molecule has 5 rings (SSSR count). The van der Waals surface area contributed by atoms with Crippen molar-refractivity contribution in [1.29, 1.82) is 0 Å². The van der Waals surface area contributed by atoms with E-state index in [9.17, 15) is 13.2 Å². The van der Waals surface area contributed by atoms with Gasteiger partial charge in [-0.1, -0.05) is 18.2 Å². The molecule has 1 atom stereocenters. The normalized spacial score (nSPS) is 16.0. The molecular weight excluding hydrogens is 457 g/mol. The Bertz CT molecular complexity index is 1390. The zero-order chi connectivity index (χ0) is 24.6. The Balaban J connectivity index is 1.43.